The van der Waals surface area contributed by atoms with Gasteiger partial charge in [-0.15, -0.1) is 0 Å². The van der Waals surface area contributed by atoms with Gasteiger partial charge in [0.2, 0.25) is 0 Å². The first-order valence-corrected chi connectivity index (χ1v) is 13.3. The van der Waals surface area contributed by atoms with Crippen LogP contribution in [0, 0.1) is 17.8 Å². The Hall–Kier alpha value is -2.75. The van der Waals surface area contributed by atoms with E-state index in [2.05, 4.69) is 0 Å². The Kier molecular flexibility index (Phi) is 7.37. The van der Waals surface area contributed by atoms with E-state index in [4.69, 9.17) is 4.74 Å². The van der Waals surface area contributed by atoms with Gasteiger partial charge in [0.25, 0.3) is 0 Å². The topological polar surface area (TPSA) is 49.8 Å². The van der Waals surface area contributed by atoms with Gasteiger partial charge in [-0.25, -0.2) is 0 Å². The smallest absolute Gasteiger partial charge is 0.416 e. The summed E-state index contributed by atoms with van der Waals surface area (Å²) < 4.78 is 86.4. The summed E-state index contributed by atoms with van der Waals surface area (Å²) in [6.07, 6.45) is -5.19. The van der Waals surface area contributed by atoms with E-state index >= 15 is 0 Å². The van der Waals surface area contributed by atoms with E-state index in [1.54, 1.807) is 11.8 Å². The summed E-state index contributed by atoms with van der Waals surface area (Å²) in [6, 6.07) is 7.56. The maximum Gasteiger partial charge on any atom is 0.416 e. The highest BCUT2D eigenvalue weighted by Gasteiger charge is 2.41. The minimum atomic E-state index is -4.74. The summed E-state index contributed by atoms with van der Waals surface area (Å²) in [5, 5.41) is 9.62. The molecule has 10 heteroatoms. The predicted octanol–water partition coefficient (Wildman–Crippen LogP) is 7.15. The fraction of sp³-hybridized carbons (Fsp3) is 0.552. The molecule has 1 saturated carbocycles. The summed E-state index contributed by atoms with van der Waals surface area (Å²) in [5.74, 6) is -0.328. The molecule has 2 fully saturated rings. The summed E-state index contributed by atoms with van der Waals surface area (Å²) >= 11 is 0. The molecule has 0 spiro atoms. The first-order chi connectivity index (χ1) is 18.3. The van der Waals surface area contributed by atoms with E-state index in [1.165, 1.54) is 0 Å². The van der Waals surface area contributed by atoms with E-state index in [1.807, 2.05) is 18.2 Å². The van der Waals surface area contributed by atoms with Gasteiger partial charge in [0, 0.05) is 25.6 Å². The van der Waals surface area contributed by atoms with Crippen molar-refractivity contribution in [3.05, 3.63) is 64.2 Å². The Morgan fingerprint density at radius 3 is 2.36 bits per heavy atom. The first kappa shape index (κ1) is 27.8. The summed E-state index contributed by atoms with van der Waals surface area (Å²) in [6.45, 7) is 2.36. The molecule has 1 saturated heterocycles. The van der Waals surface area contributed by atoms with Crippen LogP contribution in [-0.4, -0.2) is 35.2 Å². The fourth-order valence-corrected chi connectivity index (χ4v) is 6.11. The number of hydrogen-bond acceptors (Lipinski definition) is 3. The number of aryl methyl sites for hydroxylation is 1. The molecule has 0 bridgehead atoms. The van der Waals surface area contributed by atoms with Gasteiger partial charge in [-0.2, -0.15) is 26.3 Å². The van der Waals surface area contributed by atoms with E-state index < -0.39 is 35.4 Å². The van der Waals surface area contributed by atoms with E-state index in [0.29, 0.717) is 37.2 Å². The Morgan fingerprint density at radius 1 is 1.03 bits per heavy atom. The third-order valence-electron chi connectivity index (χ3n) is 8.39. The zero-order chi connectivity index (χ0) is 28.1. The van der Waals surface area contributed by atoms with Gasteiger partial charge in [0.05, 0.1) is 17.0 Å². The number of carboxylic acids is 1. The number of alkyl halides is 6. The van der Waals surface area contributed by atoms with Crippen molar-refractivity contribution in [3.8, 4) is 5.75 Å². The quantitative estimate of drug-likeness (QED) is 0.369. The molecule has 1 N–H and O–H groups in total. The predicted molar refractivity (Wildman–Crippen MR) is 131 cm³/mol. The number of hydrogen-bond donors (Lipinski definition) is 1. The molecule has 4 nitrogen and oxygen atoms in total. The highest BCUT2D eigenvalue weighted by atomic mass is 19.4. The highest BCUT2D eigenvalue weighted by Crippen LogP contribution is 2.48. The highest BCUT2D eigenvalue weighted by molar-refractivity contribution is 5.71. The van der Waals surface area contributed by atoms with Crippen molar-refractivity contribution in [2.75, 3.05) is 13.1 Å². The Labute approximate surface area is 222 Å². The molecule has 0 radical (unpaired) electrons. The number of carboxylic acid groups (broad SMARTS) is 1. The largest absolute Gasteiger partial charge is 0.490 e. The summed E-state index contributed by atoms with van der Waals surface area (Å²) in [7, 11) is 0. The number of aliphatic carboxylic acids is 1. The van der Waals surface area contributed by atoms with Crippen molar-refractivity contribution in [3.63, 3.8) is 0 Å². The van der Waals surface area contributed by atoms with E-state index in [-0.39, 0.29) is 30.0 Å². The molecule has 0 aromatic heterocycles. The molecular formula is C29H31F6NO3. The van der Waals surface area contributed by atoms with Crippen molar-refractivity contribution in [2.45, 2.75) is 69.9 Å². The molecule has 5 rings (SSSR count). The van der Waals surface area contributed by atoms with Gasteiger partial charge >= 0.3 is 18.3 Å². The van der Waals surface area contributed by atoms with Crippen LogP contribution in [0.2, 0.25) is 0 Å². The third-order valence-corrected chi connectivity index (χ3v) is 8.39. The third kappa shape index (κ3) is 6.05. The molecule has 2 aliphatic heterocycles. The van der Waals surface area contributed by atoms with Gasteiger partial charge in [0.15, 0.2) is 0 Å². The molecule has 39 heavy (non-hydrogen) atoms. The number of likely N-dealkylation sites (tertiary alicyclic amines) is 1. The van der Waals surface area contributed by atoms with Gasteiger partial charge in [0.1, 0.15) is 11.9 Å². The second-order valence-corrected chi connectivity index (χ2v) is 11.2. The van der Waals surface area contributed by atoms with Crippen LogP contribution < -0.4 is 4.74 Å². The first-order valence-electron chi connectivity index (χ1n) is 13.3. The molecule has 2 aromatic rings. The summed E-state index contributed by atoms with van der Waals surface area (Å²) in [5.41, 5.74) is -0.526. The standard InChI is InChI=1S/C29H31F6NO3/c1-16(27(37)38)26(18-6-7-18)19-8-5-17-3-2-4-24(39-25(17)12-19)21-14-36(15-21)13-20-11-22(28(30,31)32)9-10-23(20)29(33,34)35/h5,8-12,16,18,21,24,26H,2-4,6-7,13-15H2,1H3,(H,37,38)/t16-,24-,26-/m0/s1. The molecule has 0 amide bonds. The normalized spacial score (nSPS) is 22.3. The monoisotopic (exact) mass is 555 g/mol. The zero-order valence-electron chi connectivity index (χ0n) is 21.5. The lowest BCUT2D eigenvalue weighted by Gasteiger charge is -2.43. The van der Waals surface area contributed by atoms with Crippen LogP contribution in [-0.2, 0) is 30.1 Å². The number of benzene rings is 2. The molecule has 3 atom stereocenters. The minimum Gasteiger partial charge on any atom is -0.490 e. The molecule has 1 aliphatic carbocycles. The number of rotatable bonds is 7. The fourth-order valence-electron chi connectivity index (χ4n) is 6.11. The molecule has 212 valence electrons. The van der Waals surface area contributed by atoms with Crippen LogP contribution in [0.5, 0.6) is 5.75 Å². The van der Waals surface area contributed by atoms with Crippen LogP contribution in [0.3, 0.4) is 0 Å². The average molecular weight is 556 g/mol. The number of carbonyl (C=O) groups is 1. The van der Waals surface area contributed by atoms with Gasteiger partial charge in [-0.05, 0) is 84.9 Å². The Morgan fingerprint density at radius 2 is 1.74 bits per heavy atom. The number of halogens is 6. The lowest BCUT2D eigenvalue weighted by Crippen LogP contribution is -2.52. The van der Waals surface area contributed by atoms with E-state index in [9.17, 15) is 36.2 Å². The van der Waals surface area contributed by atoms with Crippen molar-refractivity contribution < 1.29 is 41.0 Å². The number of ether oxygens (including phenoxy) is 1. The summed E-state index contributed by atoms with van der Waals surface area (Å²) in [4.78, 5) is 13.5. The van der Waals surface area contributed by atoms with E-state index in [0.717, 1.165) is 49.0 Å². The van der Waals surface area contributed by atoms with Crippen molar-refractivity contribution in [1.29, 1.82) is 0 Å². The maximum atomic E-state index is 13.5. The van der Waals surface area contributed by atoms with Crippen molar-refractivity contribution in [1.82, 2.24) is 4.90 Å². The minimum absolute atomic E-state index is 0.0388. The van der Waals surface area contributed by atoms with Gasteiger partial charge in [-0.1, -0.05) is 19.1 Å². The molecule has 2 aromatic carbocycles. The average Bonchev–Trinajstić information content (AvgIpc) is 3.67. The number of nitrogens with zero attached hydrogens (tertiary/aromatic N) is 1. The second kappa shape index (κ2) is 10.3. The van der Waals surface area contributed by atoms with Crippen LogP contribution in [0.15, 0.2) is 36.4 Å². The Bertz CT molecular complexity index is 1220. The van der Waals surface area contributed by atoms with Gasteiger partial charge in [-0.3, -0.25) is 9.69 Å². The van der Waals surface area contributed by atoms with Crippen LogP contribution in [0.25, 0.3) is 0 Å². The molecule has 2 heterocycles. The molecule has 0 unspecified atom stereocenters. The van der Waals surface area contributed by atoms with Crippen LogP contribution >= 0.6 is 0 Å². The maximum absolute atomic E-state index is 13.5. The molecule has 3 aliphatic rings. The second-order valence-electron chi connectivity index (χ2n) is 11.2. The molecular weight excluding hydrogens is 524 g/mol. The van der Waals surface area contributed by atoms with Gasteiger partial charge < -0.3 is 9.84 Å². The van der Waals surface area contributed by atoms with Crippen LogP contribution in [0.1, 0.15) is 66.3 Å². The van der Waals surface area contributed by atoms with Crippen LogP contribution in [0.4, 0.5) is 26.3 Å². The van der Waals surface area contributed by atoms with Crippen molar-refractivity contribution in [2.24, 2.45) is 17.8 Å². The Balaban J connectivity index is 1.28. The number of fused-ring (bicyclic) bond motifs is 1. The lowest BCUT2D eigenvalue weighted by atomic mass is 9.82. The lowest BCUT2D eigenvalue weighted by molar-refractivity contribution is -0.142. The SMILES string of the molecule is C[C@H](C(=O)O)[C@H](c1ccc2c(c1)O[C@H](C1CN(Cc3cc(C(F)(F)F)ccc3C(F)(F)F)C1)CCC2)C1CC1. The zero-order valence-corrected chi connectivity index (χ0v) is 21.5. The van der Waals surface area contributed by atoms with Crippen molar-refractivity contribution >= 4 is 5.97 Å².